The van der Waals surface area contributed by atoms with Crippen LogP contribution in [-0.4, -0.2) is 17.3 Å². The fourth-order valence-electron chi connectivity index (χ4n) is 1.77. The number of aliphatic hydroxyl groups excluding tert-OH is 1. The number of hydrogen-bond acceptors (Lipinski definition) is 2. The molecule has 16 heavy (non-hydrogen) atoms. The second kappa shape index (κ2) is 7.29. The maximum absolute atomic E-state index is 9.98. The van der Waals surface area contributed by atoms with E-state index in [0.29, 0.717) is 0 Å². The van der Waals surface area contributed by atoms with Crippen LogP contribution in [0.25, 0.3) is 0 Å². The van der Waals surface area contributed by atoms with Gasteiger partial charge in [-0.2, -0.15) is 0 Å². The summed E-state index contributed by atoms with van der Waals surface area (Å²) in [6.07, 6.45) is 3.28. The summed E-state index contributed by atoms with van der Waals surface area (Å²) in [7, 11) is 0. The molecule has 90 valence electrons. The molecule has 0 aliphatic carbocycles. The molecular formula is C14H22O2. The van der Waals surface area contributed by atoms with E-state index in [9.17, 15) is 5.11 Å². The summed E-state index contributed by atoms with van der Waals surface area (Å²) in [5.74, 6) is 0.844. The molecule has 2 unspecified atom stereocenters. The van der Waals surface area contributed by atoms with E-state index < -0.39 is 0 Å². The van der Waals surface area contributed by atoms with Crippen LogP contribution in [0.3, 0.4) is 0 Å². The molecule has 0 spiro atoms. The number of aliphatic hydroxyl groups is 1. The van der Waals surface area contributed by atoms with Gasteiger partial charge in [0.15, 0.2) is 0 Å². The highest BCUT2D eigenvalue weighted by molar-refractivity contribution is 5.21. The van der Waals surface area contributed by atoms with Crippen LogP contribution in [0.1, 0.15) is 39.5 Å². The van der Waals surface area contributed by atoms with E-state index in [-0.39, 0.29) is 12.2 Å². The van der Waals surface area contributed by atoms with Gasteiger partial charge in [0.05, 0.1) is 6.10 Å². The molecule has 1 aromatic carbocycles. The van der Waals surface area contributed by atoms with E-state index >= 15 is 0 Å². The number of benzene rings is 1. The summed E-state index contributed by atoms with van der Waals surface area (Å²) in [5, 5.41) is 9.98. The topological polar surface area (TPSA) is 29.5 Å². The summed E-state index contributed by atoms with van der Waals surface area (Å²) in [5.41, 5.74) is 0. The molecule has 0 fully saturated rings. The number of para-hydroxylation sites is 1. The quantitative estimate of drug-likeness (QED) is 0.766. The first-order chi connectivity index (χ1) is 7.77. The molecule has 0 radical (unpaired) electrons. The third kappa shape index (κ3) is 4.23. The van der Waals surface area contributed by atoms with Crippen molar-refractivity contribution in [1.82, 2.24) is 0 Å². The molecule has 0 aliphatic rings. The first-order valence-corrected chi connectivity index (χ1v) is 6.17. The van der Waals surface area contributed by atoms with Crippen LogP contribution in [-0.2, 0) is 0 Å². The Balaban J connectivity index is 2.57. The number of rotatable bonds is 7. The zero-order valence-corrected chi connectivity index (χ0v) is 10.2. The molecule has 2 atom stereocenters. The Labute approximate surface area is 98.3 Å². The van der Waals surface area contributed by atoms with Gasteiger partial charge in [-0.25, -0.2) is 0 Å². The van der Waals surface area contributed by atoms with Crippen LogP contribution in [0.2, 0.25) is 0 Å². The van der Waals surface area contributed by atoms with Crippen molar-refractivity contribution in [2.45, 2.75) is 51.7 Å². The zero-order valence-electron chi connectivity index (χ0n) is 10.2. The Morgan fingerprint density at radius 1 is 1.06 bits per heavy atom. The summed E-state index contributed by atoms with van der Waals surface area (Å²) in [6.45, 7) is 4.19. The second-order valence-corrected chi connectivity index (χ2v) is 4.11. The number of ether oxygens (including phenoxy) is 1. The van der Waals surface area contributed by atoms with Crippen LogP contribution < -0.4 is 4.74 Å². The summed E-state index contributed by atoms with van der Waals surface area (Å²) < 4.78 is 5.82. The van der Waals surface area contributed by atoms with Crippen molar-refractivity contribution in [3.05, 3.63) is 30.3 Å². The Bertz CT molecular complexity index is 271. The van der Waals surface area contributed by atoms with Crippen LogP contribution in [0, 0.1) is 0 Å². The van der Waals surface area contributed by atoms with Gasteiger partial charge in [0, 0.05) is 0 Å². The van der Waals surface area contributed by atoms with E-state index in [2.05, 4.69) is 13.8 Å². The van der Waals surface area contributed by atoms with Crippen molar-refractivity contribution in [1.29, 1.82) is 0 Å². The Morgan fingerprint density at radius 2 is 1.69 bits per heavy atom. The van der Waals surface area contributed by atoms with E-state index in [1.165, 1.54) is 0 Å². The minimum Gasteiger partial charge on any atom is -0.488 e. The standard InChI is InChI=1S/C14H22O2/c1-3-8-13(15)14(9-4-2)16-12-10-6-5-7-11-12/h5-7,10-11,13-15H,3-4,8-9H2,1-2H3. The molecule has 2 nitrogen and oxygen atoms in total. The molecule has 1 rings (SSSR count). The second-order valence-electron chi connectivity index (χ2n) is 4.11. The summed E-state index contributed by atoms with van der Waals surface area (Å²) >= 11 is 0. The fourth-order valence-corrected chi connectivity index (χ4v) is 1.77. The predicted octanol–water partition coefficient (Wildman–Crippen LogP) is 3.40. The van der Waals surface area contributed by atoms with Crippen molar-refractivity contribution in [2.24, 2.45) is 0 Å². The third-order valence-electron chi connectivity index (χ3n) is 2.62. The van der Waals surface area contributed by atoms with Crippen molar-refractivity contribution in [3.63, 3.8) is 0 Å². The Morgan fingerprint density at radius 3 is 2.25 bits per heavy atom. The first-order valence-electron chi connectivity index (χ1n) is 6.17. The SMILES string of the molecule is CCCC(O)C(CCC)Oc1ccccc1. The van der Waals surface area contributed by atoms with Crippen molar-refractivity contribution in [3.8, 4) is 5.75 Å². The fraction of sp³-hybridized carbons (Fsp3) is 0.571. The molecule has 2 heteroatoms. The minimum atomic E-state index is -0.356. The normalized spacial score (nSPS) is 14.4. The van der Waals surface area contributed by atoms with E-state index in [1.807, 2.05) is 30.3 Å². The highest BCUT2D eigenvalue weighted by Gasteiger charge is 2.19. The lowest BCUT2D eigenvalue weighted by Gasteiger charge is -2.23. The Hall–Kier alpha value is -1.02. The first kappa shape index (κ1) is 13.0. The maximum Gasteiger partial charge on any atom is 0.124 e. The van der Waals surface area contributed by atoms with E-state index in [4.69, 9.17) is 4.74 Å². The zero-order chi connectivity index (χ0) is 11.8. The van der Waals surface area contributed by atoms with Crippen molar-refractivity contribution < 1.29 is 9.84 Å². The lowest BCUT2D eigenvalue weighted by Crippen LogP contribution is -2.31. The van der Waals surface area contributed by atoms with Crippen LogP contribution in [0.5, 0.6) is 5.75 Å². The average Bonchev–Trinajstić information content (AvgIpc) is 2.30. The van der Waals surface area contributed by atoms with Gasteiger partial charge >= 0.3 is 0 Å². The molecular weight excluding hydrogens is 200 g/mol. The summed E-state index contributed by atoms with van der Waals surface area (Å²) in [6, 6.07) is 9.72. The van der Waals surface area contributed by atoms with Gasteiger partial charge in [-0.1, -0.05) is 44.9 Å². The number of hydrogen-bond donors (Lipinski definition) is 1. The van der Waals surface area contributed by atoms with Gasteiger partial charge in [0.2, 0.25) is 0 Å². The molecule has 0 aliphatic heterocycles. The molecule has 1 N–H and O–H groups in total. The average molecular weight is 222 g/mol. The minimum absolute atomic E-state index is 0.0765. The van der Waals surface area contributed by atoms with Crippen LogP contribution in [0.15, 0.2) is 30.3 Å². The predicted molar refractivity (Wildman–Crippen MR) is 66.7 cm³/mol. The molecule has 0 saturated heterocycles. The smallest absolute Gasteiger partial charge is 0.124 e. The third-order valence-corrected chi connectivity index (χ3v) is 2.62. The van der Waals surface area contributed by atoms with Gasteiger partial charge in [0.1, 0.15) is 11.9 Å². The highest BCUT2D eigenvalue weighted by atomic mass is 16.5. The van der Waals surface area contributed by atoms with Crippen LogP contribution >= 0.6 is 0 Å². The maximum atomic E-state index is 9.98. The molecule has 0 bridgehead atoms. The molecule has 0 heterocycles. The van der Waals surface area contributed by atoms with Gasteiger partial charge < -0.3 is 9.84 Å². The summed E-state index contributed by atoms with van der Waals surface area (Å²) in [4.78, 5) is 0. The highest BCUT2D eigenvalue weighted by Crippen LogP contribution is 2.17. The van der Waals surface area contributed by atoms with Gasteiger partial charge in [-0.3, -0.25) is 0 Å². The monoisotopic (exact) mass is 222 g/mol. The molecule has 0 saturated carbocycles. The van der Waals surface area contributed by atoms with E-state index in [1.54, 1.807) is 0 Å². The molecule has 1 aromatic rings. The Kier molecular flexibility index (Phi) is 5.94. The van der Waals surface area contributed by atoms with Gasteiger partial charge in [-0.05, 0) is 25.0 Å². The molecule has 0 amide bonds. The van der Waals surface area contributed by atoms with Gasteiger partial charge in [0.25, 0.3) is 0 Å². The lowest BCUT2D eigenvalue weighted by atomic mass is 10.0. The molecule has 0 aromatic heterocycles. The lowest BCUT2D eigenvalue weighted by molar-refractivity contribution is 0.0253. The van der Waals surface area contributed by atoms with Crippen molar-refractivity contribution >= 4 is 0 Å². The van der Waals surface area contributed by atoms with Crippen LogP contribution in [0.4, 0.5) is 0 Å². The van der Waals surface area contributed by atoms with Crippen molar-refractivity contribution in [2.75, 3.05) is 0 Å². The van der Waals surface area contributed by atoms with E-state index in [0.717, 1.165) is 31.4 Å². The van der Waals surface area contributed by atoms with Gasteiger partial charge in [-0.15, -0.1) is 0 Å². The largest absolute Gasteiger partial charge is 0.488 e.